The minimum atomic E-state index is 0.0455. The first-order valence-corrected chi connectivity index (χ1v) is 15.6. The largest absolute Gasteiger partial charge is 0.342 e. The number of hydrogen-bond donors (Lipinski definition) is 0. The van der Waals surface area contributed by atoms with E-state index in [0.717, 1.165) is 66.0 Å². The van der Waals surface area contributed by atoms with Crippen LogP contribution in [0.1, 0.15) is 40.4 Å². The average Bonchev–Trinajstić information content (AvgIpc) is 3.26. The molecule has 0 bridgehead atoms. The number of nitrogens with zero attached hydrogens (tertiary/aromatic N) is 5. The molecule has 2 aromatic heterocycles. The van der Waals surface area contributed by atoms with Crippen LogP contribution in [0.2, 0.25) is 0 Å². The van der Waals surface area contributed by atoms with Crippen molar-refractivity contribution in [3.63, 3.8) is 0 Å². The zero-order chi connectivity index (χ0) is 25.4. The number of halogens is 1. The van der Waals surface area contributed by atoms with Crippen LogP contribution in [-0.4, -0.2) is 56.8 Å². The minimum absolute atomic E-state index is 0.0455. The molecule has 0 aliphatic carbocycles. The van der Waals surface area contributed by atoms with E-state index in [-0.39, 0.29) is 5.91 Å². The van der Waals surface area contributed by atoms with Gasteiger partial charge in [0, 0.05) is 79.9 Å². The molecule has 36 heavy (non-hydrogen) atoms. The van der Waals surface area contributed by atoms with Crippen molar-refractivity contribution in [2.75, 3.05) is 27.2 Å². The fourth-order valence-corrected chi connectivity index (χ4v) is 6.27. The van der Waals surface area contributed by atoms with Crippen molar-refractivity contribution < 1.29 is 4.79 Å². The maximum atomic E-state index is 12.7. The molecule has 5 rings (SSSR count). The molecule has 0 radical (unpaired) electrons. The summed E-state index contributed by atoms with van der Waals surface area (Å²) in [5.41, 5.74) is 10.6. The first-order valence-electron chi connectivity index (χ1n) is 12.2. The molecule has 4 aromatic rings. The Bertz CT molecular complexity index is 1430. The third-order valence-corrected chi connectivity index (χ3v) is 8.63. The van der Waals surface area contributed by atoms with E-state index >= 15 is 0 Å². The van der Waals surface area contributed by atoms with Gasteiger partial charge in [0.15, 0.2) is 5.65 Å². The van der Waals surface area contributed by atoms with Crippen LogP contribution in [0.3, 0.4) is 0 Å². The molecule has 186 valence electrons. The van der Waals surface area contributed by atoms with E-state index in [2.05, 4.69) is 65.3 Å². The number of benzene rings is 2. The van der Waals surface area contributed by atoms with Gasteiger partial charge in [-0.2, -0.15) is 0 Å². The number of fused-ring (bicyclic) bond motifs is 2. The number of amides is 1. The SMILES string of the molecule is CCCN(C)C(=O)c1ccc(-c2cn(SI)c3ncc(-c4cc(C)c5c(c4)CN(C)CC5)nc23)cc1. The van der Waals surface area contributed by atoms with Gasteiger partial charge in [-0.05, 0) is 73.3 Å². The van der Waals surface area contributed by atoms with Crippen LogP contribution in [0.25, 0.3) is 33.5 Å². The molecule has 0 unspecified atom stereocenters. The van der Waals surface area contributed by atoms with E-state index in [0.29, 0.717) is 5.56 Å². The number of aryl methyl sites for hydroxylation is 1. The summed E-state index contributed by atoms with van der Waals surface area (Å²) in [6.07, 6.45) is 6.00. The zero-order valence-electron chi connectivity index (χ0n) is 21.1. The summed E-state index contributed by atoms with van der Waals surface area (Å²) in [4.78, 5) is 26.8. The van der Waals surface area contributed by atoms with Gasteiger partial charge in [0.1, 0.15) is 5.52 Å². The van der Waals surface area contributed by atoms with Gasteiger partial charge >= 0.3 is 0 Å². The Labute approximate surface area is 228 Å². The molecule has 1 aliphatic heterocycles. The highest BCUT2D eigenvalue weighted by molar-refractivity contribution is 14.2. The monoisotopic (exact) mass is 611 g/mol. The number of aromatic nitrogens is 3. The number of rotatable bonds is 6. The molecule has 1 aliphatic rings. The summed E-state index contributed by atoms with van der Waals surface area (Å²) < 4.78 is 2.04. The third-order valence-electron chi connectivity index (χ3n) is 6.93. The van der Waals surface area contributed by atoms with Crippen LogP contribution >= 0.6 is 30.3 Å². The van der Waals surface area contributed by atoms with E-state index in [1.165, 1.54) is 16.7 Å². The number of carbonyl (C=O) groups is 1. The molecule has 1 amide bonds. The second-order valence-corrected chi connectivity index (χ2v) is 11.3. The molecule has 3 heterocycles. The minimum Gasteiger partial charge on any atom is -0.342 e. The van der Waals surface area contributed by atoms with Crippen molar-refractivity contribution in [1.82, 2.24) is 23.7 Å². The van der Waals surface area contributed by atoms with E-state index in [1.807, 2.05) is 41.5 Å². The Morgan fingerprint density at radius 3 is 2.69 bits per heavy atom. The lowest BCUT2D eigenvalue weighted by molar-refractivity contribution is 0.0795. The van der Waals surface area contributed by atoms with Crippen LogP contribution in [0, 0.1) is 6.92 Å². The topological polar surface area (TPSA) is 54.3 Å². The molecule has 0 atom stereocenters. The van der Waals surface area contributed by atoms with Crippen LogP contribution in [0.15, 0.2) is 48.8 Å². The summed E-state index contributed by atoms with van der Waals surface area (Å²) in [5, 5.41) is 0. The third kappa shape index (κ3) is 4.78. The summed E-state index contributed by atoms with van der Waals surface area (Å²) in [5.74, 6) is 0.0455. The van der Waals surface area contributed by atoms with Crippen molar-refractivity contribution in [1.29, 1.82) is 0 Å². The van der Waals surface area contributed by atoms with Gasteiger partial charge in [-0.15, -0.1) is 0 Å². The first kappa shape index (κ1) is 25.2. The van der Waals surface area contributed by atoms with Crippen molar-refractivity contribution in [2.24, 2.45) is 0 Å². The van der Waals surface area contributed by atoms with Gasteiger partial charge in [0.25, 0.3) is 5.91 Å². The number of carbonyl (C=O) groups excluding carboxylic acids is 1. The van der Waals surface area contributed by atoms with Crippen LogP contribution in [0.5, 0.6) is 0 Å². The van der Waals surface area contributed by atoms with Crippen LogP contribution < -0.4 is 0 Å². The lowest BCUT2D eigenvalue weighted by atomic mass is 9.92. The molecule has 6 nitrogen and oxygen atoms in total. The fourth-order valence-electron chi connectivity index (χ4n) is 5.03. The van der Waals surface area contributed by atoms with Crippen molar-refractivity contribution >= 4 is 47.4 Å². The van der Waals surface area contributed by atoms with Gasteiger partial charge in [0.05, 0.1) is 11.9 Å². The highest BCUT2D eigenvalue weighted by atomic mass is 127. The number of likely N-dealkylation sites (N-methyl/N-ethyl adjacent to an activating group) is 1. The highest BCUT2D eigenvalue weighted by Crippen LogP contribution is 2.35. The Morgan fingerprint density at radius 1 is 1.19 bits per heavy atom. The van der Waals surface area contributed by atoms with E-state index < -0.39 is 0 Å². The van der Waals surface area contributed by atoms with E-state index in [9.17, 15) is 4.79 Å². The summed E-state index contributed by atoms with van der Waals surface area (Å²) in [7, 11) is 5.60. The first-order chi connectivity index (χ1) is 17.4. The molecular formula is C28H30IN5OS. The van der Waals surface area contributed by atoms with Gasteiger partial charge in [-0.1, -0.05) is 19.1 Å². The fraction of sp³-hybridized carbons (Fsp3) is 0.321. The predicted octanol–water partition coefficient (Wildman–Crippen LogP) is 6.39. The Morgan fingerprint density at radius 2 is 1.97 bits per heavy atom. The number of hydrogen-bond acceptors (Lipinski definition) is 5. The maximum absolute atomic E-state index is 12.7. The molecular weight excluding hydrogens is 581 g/mol. The summed E-state index contributed by atoms with van der Waals surface area (Å²) in [6.45, 7) is 7.09. The lowest BCUT2D eigenvalue weighted by Crippen LogP contribution is -2.27. The zero-order valence-corrected chi connectivity index (χ0v) is 24.1. The smallest absolute Gasteiger partial charge is 0.253 e. The molecule has 0 spiro atoms. The van der Waals surface area contributed by atoms with Gasteiger partial charge in [-0.25, -0.2) is 9.97 Å². The molecule has 0 fully saturated rings. The maximum Gasteiger partial charge on any atom is 0.253 e. The van der Waals surface area contributed by atoms with Gasteiger partial charge in [-0.3, -0.25) is 8.77 Å². The molecule has 0 saturated heterocycles. The second-order valence-electron chi connectivity index (χ2n) is 9.59. The standard InChI is InChI=1S/C28H30IN5OS/c1-5-11-33(4)28(35)20-8-6-19(7-9-20)24-17-34(36-29)27-26(24)31-25(15-30-27)21-13-18(2)23-10-12-32(3)16-22(23)14-21/h6-9,13-15,17H,5,10-12,16H2,1-4H3. The van der Waals surface area contributed by atoms with Gasteiger partial charge < -0.3 is 9.80 Å². The quantitative estimate of drug-likeness (QED) is 0.237. The van der Waals surface area contributed by atoms with Crippen molar-refractivity contribution in [2.45, 2.75) is 33.2 Å². The van der Waals surface area contributed by atoms with E-state index in [1.54, 1.807) is 14.0 Å². The molecule has 2 aromatic carbocycles. The lowest BCUT2D eigenvalue weighted by Gasteiger charge is -2.27. The Balaban J connectivity index is 1.55. The molecule has 0 saturated carbocycles. The predicted molar refractivity (Wildman–Crippen MR) is 157 cm³/mol. The Kier molecular flexibility index (Phi) is 7.37. The normalized spacial score (nSPS) is 13.7. The van der Waals surface area contributed by atoms with Gasteiger partial charge in [0.2, 0.25) is 0 Å². The van der Waals surface area contributed by atoms with Crippen molar-refractivity contribution in [3.8, 4) is 22.4 Å². The van der Waals surface area contributed by atoms with Crippen molar-refractivity contribution in [3.05, 3.63) is 71.0 Å². The molecule has 8 heteroatoms. The summed E-state index contributed by atoms with van der Waals surface area (Å²) in [6, 6.07) is 12.4. The van der Waals surface area contributed by atoms with Crippen LogP contribution in [-0.2, 0) is 13.0 Å². The second kappa shape index (κ2) is 10.5. The molecule has 0 N–H and O–H groups in total. The average molecular weight is 612 g/mol. The summed E-state index contributed by atoms with van der Waals surface area (Å²) >= 11 is 2.27. The van der Waals surface area contributed by atoms with E-state index in [4.69, 9.17) is 9.97 Å². The highest BCUT2D eigenvalue weighted by Gasteiger charge is 2.19. The van der Waals surface area contributed by atoms with Crippen LogP contribution in [0.4, 0.5) is 0 Å². The Hall–Kier alpha value is -2.43.